The third-order valence-corrected chi connectivity index (χ3v) is 18.1. The Morgan fingerprint density at radius 2 is 0.500 bits per heavy atom. The topological polar surface area (TPSA) is 237 Å². The Bertz CT molecular complexity index is 2680. The molecule has 0 aromatic rings. The van der Waals surface area contributed by atoms with Crippen molar-refractivity contribution in [2.24, 2.45) is 0 Å². The Hall–Kier alpha value is -5.58. The van der Waals surface area contributed by atoms with Crippen molar-refractivity contribution in [3.63, 3.8) is 0 Å². The van der Waals surface area contributed by atoms with Gasteiger partial charge in [-0.05, 0) is 167 Å². The third-order valence-electron chi connectivity index (χ3n) is 16.2. The van der Waals surface area contributed by atoms with E-state index in [0.717, 1.165) is 186 Å². The van der Waals surface area contributed by atoms with Crippen LogP contribution in [0.1, 0.15) is 297 Å². The lowest BCUT2D eigenvalue weighted by atomic mass is 10.1. The van der Waals surface area contributed by atoms with E-state index in [0.29, 0.717) is 32.1 Å². The van der Waals surface area contributed by atoms with Crippen LogP contribution in [0.4, 0.5) is 0 Å². The van der Waals surface area contributed by atoms with Crippen LogP contribution in [-0.2, 0) is 65.4 Å². The molecule has 106 heavy (non-hydrogen) atoms. The summed E-state index contributed by atoms with van der Waals surface area (Å²) in [6.07, 6.45) is 91.9. The molecule has 0 aromatic carbocycles. The number of hydrogen-bond acceptors (Lipinski definition) is 15. The van der Waals surface area contributed by atoms with Gasteiger partial charge in [-0.2, -0.15) is 0 Å². The van der Waals surface area contributed by atoms with Gasteiger partial charge in [-0.3, -0.25) is 37.3 Å². The first kappa shape index (κ1) is 100. The largest absolute Gasteiger partial charge is 0.472 e. The fourth-order valence-electron chi connectivity index (χ4n) is 10.1. The lowest BCUT2D eigenvalue weighted by Crippen LogP contribution is -2.30. The van der Waals surface area contributed by atoms with Crippen LogP contribution >= 0.6 is 15.6 Å². The zero-order chi connectivity index (χ0) is 77.4. The summed E-state index contributed by atoms with van der Waals surface area (Å²) in [6.45, 7) is 4.39. The molecule has 0 bridgehead atoms. The van der Waals surface area contributed by atoms with Crippen molar-refractivity contribution in [3.8, 4) is 0 Å². The van der Waals surface area contributed by atoms with Gasteiger partial charge in [-0.25, -0.2) is 9.13 Å². The average Bonchev–Trinajstić information content (AvgIpc) is 0.937. The van der Waals surface area contributed by atoms with Gasteiger partial charge < -0.3 is 33.8 Å². The van der Waals surface area contributed by atoms with E-state index in [9.17, 15) is 43.2 Å². The molecule has 0 aromatic heterocycles. The predicted molar refractivity (Wildman–Crippen MR) is 436 cm³/mol. The summed E-state index contributed by atoms with van der Waals surface area (Å²) in [5.41, 5.74) is 0. The summed E-state index contributed by atoms with van der Waals surface area (Å²) in [4.78, 5) is 73.1. The second-order valence-electron chi connectivity index (χ2n) is 26.2. The maximum atomic E-state index is 13.1. The molecule has 0 amide bonds. The molecule has 17 nitrogen and oxygen atoms in total. The third kappa shape index (κ3) is 76.6. The number of phosphoric acid groups is 2. The maximum absolute atomic E-state index is 13.1. The average molecular weight is 1520 g/mol. The molecule has 602 valence electrons. The predicted octanol–water partition coefficient (Wildman–Crippen LogP) is 23.8. The number of allylic oxidation sites excluding steroid dienone is 28. The van der Waals surface area contributed by atoms with E-state index in [1.165, 1.54) is 25.7 Å². The molecule has 0 fully saturated rings. The molecule has 0 aliphatic heterocycles. The van der Waals surface area contributed by atoms with Gasteiger partial charge in [0, 0.05) is 25.7 Å². The fourth-order valence-corrected chi connectivity index (χ4v) is 11.7. The van der Waals surface area contributed by atoms with Crippen molar-refractivity contribution >= 4 is 39.5 Å². The molecule has 3 N–H and O–H groups in total. The number of rotatable bonds is 74. The lowest BCUT2D eigenvalue weighted by molar-refractivity contribution is -0.161. The van der Waals surface area contributed by atoms with Gasteiger partial charge in [-0.15, -0.1) is 0 Å². The summed E-state index contributed by atoms with van der Waals surface area (Å²) in [5.74, 6) is -2.30. The van der Waals surface area contributed by atoms with Crippen molar-refractivity contribution in [1.29, 1.82) is 0 Å². The van der Waals surface area contributed by atoms with Crippen molar-refractivity contribution in [2.75, 3.05) is 39.6 Å². The first-order chi connectivity index (χ1) is 51.7. The molecule has 0 heterocycles. The monoisotopic (exact) mass is 1520 g/mol. The Balaban J connectivity index is 5.46. The molecular weight excluding hydrogens is 1380 g/mol. The number of phosphoric ester groups is 2. The number of unbranched alkanes of at least 4 members (excludes halogenated alkanes) is 20. The summed E-state index contributed by atoms with van der Waals surface area (Å²) in [6, 6.07) is 0. The molecule has 5 atom stereocenters. The van der Waals surface area contributed by atoms with Crippen molar-refractivity contribution in [2.45, 2.75) is 316 Å². The van der Waals surface area contributed by atoms with E-state index in [2.05, 4.69) is 186 Å². The summed E-state index contributed by atoms with van der Waals surface area (Å²) in [7, 11) is -10.0. The zero-order valence-corrected chi connectivity index (χ0v) is 67.6. The minimum atomic E-state index is -5.00. The second-order valence-corrected chi connectivity index (χ2v) is 29.1. The first-order valence-corrected chi connectivity index (χ1v) is 43.4. The van der Waals surface area contributed by atoms with Crippen LogP contribution in [0.15, 0.2) is 170 Å². The van der Waals surface area contributed by atoms with Gasteiger partial charge in [0.25, 0.3) is 0 Å². The van der Waals surface area contributed by atoms with Crippen LogP contribution in [0.25, 0.3) is 0 Å². The molecule has 5 unspecified atom stereocenters. The molecule has 0 spiro atoms. The van der Waals surface area contributed by atoms with E-state index in [-0.39, 0.29) is 25.7 Å². The molecule has 0 saturated heterocycles. The molecule has 0 aliphatic carbocycles. The second kappa shape index (κ2) is 77.6. The maximum Gasteiger partial charge on any atom is 0.472 e. The van der Waals surface area contributed by atoms with Gasteiger partial charge >= 0.3 is 39.5 Å². The summed E-state index contributed by atoms with van der Waals surface area (Å²) in [5, 5.41) is 10.6. The highest BCUT2D eigenvalue weighted by Crippen LogP contribution is 2.45. The smallest absolute Gasteiger partial charge is 0.462 e. The Morgan fingerprint density at radius 3 is 0.802 bits per heavy atom. The molecule has 0 rings (SSSR count). The highest BCUT2D eigenvalue weighted by molar-refractivity contribution is 7.47. The van der Waals surface area contributed by atoms with Crippen molar-refractivity contribution in [3.05, 3.63) is 170 Å². The van der Waals surface area contributed by atoms with Crippen LogP contribution in [-0.4, -0.2) is 96.7 Å². The molecule has 19 heteroatoms. The Labute approximate surface area is 642 Å². The van der Waals surface area contributed by atoms with Crippen LogP contribution < -0.4 is 0 Å². The van der Waals surface area contributed by atoms with Crippen LogP contribution in [0.3, 0.4) is 0 Å². The van der Waals surface area contributed by atoms with E-state index < -0.39 is 97.5 Å². The number of carbonyl (C=O) groups is 4. The minimum absolute atomic E-state index is 0.0561. The highest BCUT2D eigenvalue weighted by Gasteiger charge is 2.30. The molecular formula is C87H142O17P2. The molecule has 0 saturated carbocycles. The Morgan fingerprint density at radius 1 is 0.274 bits per heavy atom. The van der Waals surface area contributed by atoms with Crippen molar-refractivity contribution < 1.29 is 80.2 Å². The van der Waals surface area contributed by atoms with E-state index >= 15 is 0 Å². The highest BCUT2D eigenvalue weighted by atomic mass is 31.2. The quantitative estimate of drug-likeness (QED) is 0.0169. The standard InChI is InChI=1S/C87H142O17P2/c1-5-9-13-17-21-25-29-33-36-39-40-43-45-49-52-56-60-64-68-72-85(90)98-78-83(104-87(92)74-70-66-62-58-54-50-46-42-38-35-31-27-23-19-15-11-7-3)80-102-106(95,96)100-76-81(88)75-99-105(93,94)101-79-82(103-86(91)73-69-65-61-57-53-47-32-28-24-20-16-12-8-4)77-97-84(89)71-67-63-59-55-51-48-44-41-37-34-30-26-22-18-14-10-6-2/h9-11,13-15,21-23,25-28,32-38,40,43-44,46,48,50,55,59,81-83,88H,5-8,12,16-20,24,29-31,39,41-42,45,47,49,51-54,56-58,60-80H2,1-4H3,(H,93,94)(H,95,96)/b13-9-,14-10-,15-11-,25-21-,26-22-,27-23-,32-28-,36-33-,37-34-,38-35-,43-40-,48-44-,50-46-,59-55-. The number of esters is 4. The van der Waals surface area contributed by atoms with Gasteiger partial charge in [0.1, 0.15) is 19.3 Å². The number of ether oxygens (including phenoxy) is 4. The summed E-state index contributed by atoms with van der Waals surface area (Å²) < 4.78 is 68.6. The lowest BCUT2D eigenvalue weighted by Gasteiger charge is -2.21. The fraction of sp³-hybridized carbons (Fsp3) is 0.632. The minimum Gasteiger partial charge on any atom is -0.462 e. The van der Waals surface area contributed by atoms with Crippen LogP contribution in [0.2, 0.25) is 0 Å². The van der Waals surface area contributed by atoms with Gasteiger partial charge in [0.15, 0.2) is 12.2 Å². The molecule has 0 aliphatic rings. The van der Waals surface area contributed by atoms with Crippen LogP contribution in [0.5, 0.6) is 0 Å². The van der Waals surface area contributed by atoms with E-state index in [4.69, 9.17) is 37.0 Å². The number of aliphatic hydroxyl groups excluding tert-OH is 1. The summed E-state index contributed by atoms with van der Waals surface area (Å²) >= 11 is 0. The van der Waals surface area contributed by atoms with Gasteiger partial charge in [0.05, 0.1) is 26.4 Å². The van der Waals surface area contributed by atoms with Gasteiger partial charge in [0.2, 0.25) is 0 Å². The SMILES string of the molecule is CC/C=C\C/C=C\C/C=C\C/C=C\C/C=C\CCCC(=O)OCC(COP(=O)(O)OCC(O)COP(=O)(O)OCC(COC(=O)CCCCCCCC/C=C\C/C=C\C/C=C\C/C=C\CC)OC(=O)CCCCCC/C=C\C/C=C\C/C=C\C/C=C\CC)OC(=O)CCCCCCC/C=C\CCCCCC. The van der Waals surface area contributed by atoms with Crippen LogP contribution in [0, 0.1) is 0 Å². The Kier molecular flexibility index (Phi) is 73.5. The van der Waals surface area contributed by atoms with Gasteiger partial charge in [-0.1, -0.05) is 275 Å². The first-order valence-electron chi connectivity index (χ1n) is 40.4. The van der Waals surface area contributed by atoms with E-state index in [1.807, 2.05) is 12.2 Å². The molecule has 0 radical (unpaired) electrons. The number of aliphatic hydroxyl groups is 1. The normalized spacial score (nSPS) is 14.7. The number of carbonyl (C=O) groups excluding carboxylic acids is 4. The van der Waals surface area contributed by atoms with E-state index in [1.54, 1.807) is 0 Å². The zero-order valence-electron chi connectivity index (χ0n) is 65.8. The number of hydrogen-bond donors (Lipinski definition) is 3. The van der Waals surface area contributed by atoms with Crippen molar-refractivity contribution in [1.82, 2.24) is 0 Å².